The zero-order valence-electron chi connectivity index (χ0n) is 11.8. The predicted octanol–water partition coefficient (Wildman–Crippen LogP) is 2.55. The summed E-state index contributed by atoms with van der Waals surface area (Å²) in [5.74, 6) is 0.256. The number of nitrogens with two attached hydrogens (primary N) is 1. The van der Waals surface area contributed by atoms with Crippen LogP contribution in [-0.2, 0) is 11.3 Å². The second-order valence-corrected chi connectivity index (χ2v) is 5.55. The minimum Gasteiger partial charge on any atom is -0.338 e. The lowest BCUT2D eigenvalue weighted by molar-refractivity contribution is -0.147. The van der Waals surface area contributed by atoms with Crippen LogP contribution < -0.4 is 5.73 Å². The normalized spacial score (nSPS) is 16.7. The largest absolute Gasteiger partial charge is 0.338 e. The molecule has 19 heavy (non-hydrogen) atoms. The maximum absolute atomic E-state index is 12.7. The molecule has 1 amide bonds. The summed E-state index contributed by atoms with van der Waals surface area (Å²) in [6.07, 6.45) is 4.03. The first kappa shape index (κ1) is 14.1. The van der Waals surface area contributed by atoms with Gasteiger partial charge in [-0.05, 0) is 24.8 Å². The Morgan fingerprint density at radius 1 is 1.32 bits per heavy atom. The van der Waals surface area contributed by atoms with Crippen LogP contribution in [0.1, 0.15) is 38.2 Å². The molecule has 104 valence electrons. The van der Waals surface area contributed by atoms with E-state index in [0.29, 0.717) is 13.1 Å². The monoisotopic (exact) mass is 260 g/mol. The van der Waals surface area contributed by atoms with Crippen molar-refractivity contribution in [1.29, 1.82) is 0 Å². The summed E-state index contributed by atoms with van der Waals surface area (Å²) in [5.41, 5.74) is 6.78. The van der Waals surface area contributed by atoms with Crippen LogP contribution in [0.5, 0.6) is 0 Å². The highest BCUT2D eigenvalue weighted by Gasteiger charge is 2.44. The Balaban J connectivity index is 2.09. The fourth-order valence-electron chi connectivity index (χ4n) is 2.77. The van der Waals surface area contributed by atoms with Gasteiger partial charge in [-0.25, -0.2) is 0 Å². The third-order valence-corrected chi connectivity index (χ3v) is 4.15. The van der Waals surface area contributed by atoms with Crippen molar-refractivity contribution in [2.45, 2.75) is 39.2 Å². The van der Waals surface area contributed by atoms with Gasteiger partial charge < -0.3 is 10.6 Å². The molecule has 1 fully saturated rings. The molecule has 0 bridgehead atoms. The van der Waals surface area contributed by atoms with Crippen molar-refractivity contribution in [1.82, 2.24) is 4.90 Å². The van der Waals surface area contributed by atoms with Crippen molar-refractivity contribution in [3.05, 3.63) is 35.9 Å². The second-order valence-electron chi connectivity index (χ2n) is 5.55. The van der Waals surface area contributed by atoms with E-state index in [1.54, 1.807) is 0 Å². The molecule has 0 aromatic heterocycles. The van der Waals surface area contributed by atoms with Gasteiger partial charge in [0.25, 0.3) is 0 Å². The van der Waals surface area contributed by atoms with E-state index in [4.69, 9.17) is 5.73 Å². The summed E-state index contributed by atoms with van der Waals surface area (Å²) >= 11 is 0. The van der Waals surface area contributed by atoms with Gasteiger partial charge in [-0.15, -0.1) is 0 Å². The quantitative estimate of drug-likeness (QED) is 0.854. The van der Waals surface area contributed by atoms with Crippen molar-refractivity contribution in [2.75, 3.05) is 13.1 Å². The number of carbonyl (C=O) groups is 1. The van der Waals surface area contributed by atoms with Gasteiger partial charge in [0, 0.05) is 19.6 Å². The molecule has 0 unspecified atom stereocenters. The zero-order valence-corrected chi connectivity index (χ0v) is 11.8. The number of hydrogen-bond acceptors (Lipinski definition) is 2. The van der Waals surface area contributed by atoms with E-state index in [-0.39, 0.29) is 11.3 Å². The standard InChI is InChI=1S/C16H24N2O/c1-2-11-18(12-14-7-4-3-5-8-14)15(19)16(13-17)9-6-10-16/h3-5,7-8H,2,6,9-13,17H2,1H3. The zero-order chi connectivity index (χ0) is 13.7. The van der Waals surface area contributed by atoms with Gasteiger partial charge in [0.1, 0.15) is 0 Å². The molecular formula is C16H24N2O. The highest BCUT2D eigenvalue weighted by Crippen LogP contribution is 2.41. The van der Waals surface area contributed by atoms with E-state index in [9.17, 15) is 4.79 Å². The highest BCUT2D eigenvalue weighted by atomic mass is 16.2. The Morgan fingerprint density at radius 3 is 2.47 bits per heavy atom. The third kappa shape index (κ3) is 2.98. The fraction of sp³-hybridized carbons (Fsp3) is 0.562. The van der Waals surface area contributed by atoms with Crippen molar-refractivity contribution in [2.24, 2.45) is 11.1 Å². The first-order chi connectivity index (χ1) is 9.22. The van der Waals surface area contributed by atoms with Crippen LogP contribution in [0.15, 0.2) is 30.3 Å². The molecule has 3 heteroatoms. The maximum Gasteiger partial charge on any atom is 0.230 e. The summed E-state index contributed by atoms with van der Waals surface area (Å²) in [6.45, 7) is 4.12. The lowest BCUT2D eigenvalue weighted by Crippen LogP contribution is -2.51. The van der Waals surface area contributed by atoms with Gasteiger partial charge in [0.15, 0.2) is 0 Å². The predicted molar refractivity (Wildman–Crippen MR) is 77.5 cm³/mol. The van der Waals surface area contributed by atoms with Gasteiger partial charge in [0.2, 0.25) is 5.91 Å². The smallest absolute Gasteiger partial charge is 0.230 e. The summed E-state index contributed by atoms with van der Waals surface area (Å²) < 4.78 is 0. The molecule has 1 aromatic rings. The average molecular weight is 260 g/mol. The first-order valence-electron chi connectivity index (χ1n) is 7.25. The molecule has 2 rings (SSSR count). The highest BCUT2D eigenvalue weighted by molar-refractivity contribution is 5.84. The fourth-order valence-corrected chi connectivity index (χ4v) is 2.77. The maximum atomic E-state index is 12.7. The number of hydrogen-bond donors (Lipinski definition) is 1. The average Bonchev–Trinajstić information content (AvgIpc) is 2.39. The van der Waals surface area contributed by atoms with E-state index in [0.717, 1.165) is 32.2 Å². The summed E-state index contributed by atoms with van der Waals surface area (Å²) in [7, 11) is 0. The Morgan fingerprint density at radius 2 is 2.00 bits per heavy atom. The molecule has 0 radical (unpaired) electrons. The van der Waals surface area contributed by atoms with Crippen LogP contribution in [-0.4, -0.2) is 23.9 Å². The van der Waals surface area contributed by atoms with Crippen LogP contribution in [0, 0.1) is 5.41 Å². The topological polar surface area (TPSA) is 46.3 Å². The first-order valence-corrected chi connectivity index (χ1v) is 7.25. The van der Waals surface area contributed by atoms with Gasteiger partial charge >= 0.3 is 0 Å². The Bertz CT molecular complexity index is 407. The van der Waals surface area contributed by atoms with Crippen LogP contribution >= 0.6 is 0 Å². The molecule has 1 aromatic carbocycles. The van der Waals surface area contributed by atoms with Gasteiger partial charge in [-0.2, -0.15) is 0 Å². The lowest BCUT2D eigenvalue weighted by atomic mass is 9.67. The third-order valence-electron chi connectivity index (χ3n) is 4.15. The number of amides is 1. The van der Waals surface area contributed by atoms with Crippen LogP contribution in [0.3, 0.4) is 0 Å². The Labute approximate surface area is 115 Å². The van der Waals surface area contributed by atoms with Crippen LogP contribution in [0.2, 0.25) is 0 Å². The summed E-state index contributed by atoms with van der Waals surface area (Å²) in [4.78, 5) is 14.7. The van der Waals surface area contributed by atoms with E-state index < -0.39 is 0 Å². The molecule has 1 aliphatic rings. The number of nitrogens with zero attached hydrogens (tertiary/aromatic N) is 1. The molecule has 2 N–H and O–H groups in total. The molecule has 0 aliphatic heterocycles. The summed E-state index contributed by atoms with van der Waals surface area (Å²) in [5, 5.41) is 0. The Hall–Kier alpha value is -1.35. The van der Waals surface area contributed by atoms with Crippen molar-refractivity contribution in [3.63, 3.8) is 0 Å². The van der Waals surface area contributed by atoms with Crippen LogP contribution in [0.25, 0.3) is 0 Å². The number of benzene rings is 1. The van der Waals surface area contributed by atoms with Gasteiger partial charge in [-0.1, -0.05) is 43.7 Å². The molecule has 1 aliphatic carbocycles. The van der Waals surface area contributed by atoms with Crippen LogP contribution in [0.4, 0.5) is 0 Å². The SMILES string of the molecule is CCCN(Cc1ccccc1)C(=O)C1(CN)CCC1. The molecule has 1 saturated carbocycles. The second kappa shape index (κ2) is 6.20. The number of carbonyl (C=O) groups excluding carboxylic acids is 1. The molecular weight excluding hydrogens is 236 g/mol. The summed E-state index contributed by atoms with van der Waals surface area (Å²) in [6, 6.07) is 10.2. The molecule has 0 atom stereocenters. The van der Waals surface area contributed by atoms with Crippen molar-refractivity contribution >= 4 is 5.91 Å². The van der Waals surface area contributed by atoms with E-state index >= 15 is 0 Å². The minimum atomic E-state index is -0.260. The van der Waals surface area contributed by atoms with Gasteiger partial charge in [0.05, 0.1) is 5.41 Å². The van der Waals surface area contributed by atoms with E-state index in [1.807, 2.05) is 23.1 Å². The molecule has 0 heterocycles. The Kier molecular flexibility index (Phi) is 4.59. The van der Waals surface area contributed by atoms with Gasteiger partial charge in [-0.3, -0.25) is 4.79 Å². The van der Waals surface area contributed by atoms with E-state index in [1.165, 1.54) is 5.56 Å². The van der Waals surface area contributed by atoms with E-state index in [2.05, 4.69) is 19.1 Å². The lowest BCUT2D eigenvalue weighted by Gasteiger charge is -2.42. The molecule has 3 nitrogen and oxygen atoms in total. The minimum absolute atomic E-state index is 0.256. The van der Waals surface area contributed by atoms with Crippen molar-refractivity contribution < 1.29 is 4.79 Å². The molecule has 0 saturated heterocycles. The number of rotatable bonds is 6. The molecule has 0 spiro atoms. The van der Waals surface area contributed by atoms with Crippen molar-refractivity contribution in [3.8, 4) is 0 Å².